The maximum Gasteiger partial charge on any atom is 0.271 e. The summed E-state index contributed by atoms with van der Waals surface area (Å²) >= 11 is 0. The lowest BCUT2D eigenvalue weighted by atomic mass is 10.1. The van der Waals surface area contributed by atoms with E-state index in [0.717, 1.165) is 29.9 Å². The van der Waals surface area contributed by atoms with Gasteiger partial charge in [0.15, 0.2) is 11.6 Å². The number of carbonyl (C=O) groups is 1. The molecule has 1 aliphatic heterocycles. The van der Waals surface area contributed by atoms with Crippen molar-refractivity contribution < 1.29 is 13.9 Å². The van der Waals surface area contributed by atoms with Crippen LogP contribution in [0.4, 0.5) is 4.39 Å². The third-order valence-corrected chi connectivity index (χ3v) is 5.16. The molecular weight excluding hydrogens is 371 g/mol. The molecule has 0 saturated carbocycles. The minimum atomic E-state index is -0.354. The zero-order chi connectivity index (χ0) is 20.2. The molecule has 1 saturated heterocycles. The summed E-state index contributed by atoms with van der Waals surface area (Å²) in [6.07, 6.45) is 0. The number of hydrogen-bond donors (Lipinski definition) is 1. The first-order valence-electron chi connectivity index (χ1n) is 9.59. The Balaban J connectivity index is 1.34. The van der Waals surface area contributed by atoms with Crippen molar-refractivity contribution >= 4 is 5.91 Å². The number of hydrogen-bond acceptors (Lipinski definition) is 4. The van der Waals surface area contributed by atoms with Crippen LogP contribution in [0.25, 0.3) is 11.3 Å². The van der Waals surface area contributed by atoms with Gasteiger partial charge >= 0.3 is 0 Å². The topological polar surface area (TPSA) is 61.5 Å². The smallest absolute Gasteiger partial charge is 0.271 e. The fourth-order valence-corrected chi connectivity index (χ4v) is 3.53. The number of methoxy groups -OCH3 is 1. The van der Waals surface area contributed by atoms with Crippen LogP contribution in [0.15, 0.2) is 54.6 Å². The highest BCUT2D eigenvalue weighted by Gasteiger charge is 2.24. The van der Waals surface area contributed by atoms with E-state index in [2.05, 4.69) is 15.1 Å². The minimum Gasteiger partial charge on any atom is -0.494 e. The molecule has 4 rings (SSSR count). The Morgan fingerprint density at radius 3 is 2.55 bits per heavy atom. The number of carbonyl (C=O) groups excluding carboxylic acids is 1. The van der Waals surface area contributed by atoms with E-state index < -0.39 is 0 Å². The second-order valence-electron chi connectivity index (χ2n) is 7.07. The highest BCUT2D eigenvalue weighted by Crippen LogP contribution is 2.20. The van der Waals surface area contributed by atoms with Gasteiger partial charge in [0.05, 0.1) is 12.8 Å². The quantitative estimate of drug-likeness (QED) is 0.722. The van der Waals surface area contributed by atoms with Crippen LogP contribution in [-0.2, 0) is 6.54 Å². The molecule has 6 nitrogen and oxygen atoms in total. The largest absolute Gasteiger partial charge is 0.494 e. The van der Waals surface area contributed by atoms with Gasteiger partial charge in [-0.25, -0.2) is 4.39 Å². The van der Waals surface area contributed by atoms with Crippen molar-refractivity contribution in [1.82, 2.24) is 20.0 Å². The molecule has 1 aromatic heterocycles. The predicted molar refractivity (Wildman–Crippen MR) is 108 cm³/mol. The van der Waals surface area contributed by atoms with Crippen LogP contribution in [0.5, 0.6) is 5.75 Å². The molecular formula is C22H23FN4O2. The Bertz CT molecular complexity index is 981. The van der Waals surface area contributed by atoms with Crippen LogP contribution in [-0.4, -0.2) is 59.2 Å². The molecule has 2 heterocycles. The molecule has 29 heavy (non-hydrogen) atoms. The SMILES string of the molecule is COc1ccc(CN2CCN(C(=O)c3cc(-c4ccccc4)n[nH]3)CC2)cc1F. The normalized spacial score (nSPS) is 14.8. The van der Waals surface area contributed by atoms with Crippen molar-refractivity contribution in [2.24, 2.45) is 0 Å². The molecule has 0 bridgehead atoms. The molecule has 0 aliphatic carbocycles. The third kappa shape index (κ3) is 4.30. The van der Waals surface area contributed by atoms with Gasteiger partial charge in [0.2, 0.25) is 0 Å². The van der Waals surface area contributed by atoms with Crippen LogP contribution in [0.3, 0.4) is 0 Å². The average molecular weight is 394 g/mol. The van der Waals surface area contributed by atoms with Gasteiger partial charge in [-0.15, -0.1) is 0 Å². The number of piperazine rings is 1. The maximum atomic E-state index is 13.9. The number of ether oxygens (including phenoxy) is 1. The molecule has 0 radical (unpaired) electrons. The number of aromatic amines is 1. The fourth-order valence-electron chi connectivity index (χ4n) is 3.53. The zero-order valence-electron chi connectivity index (χ0n) is 16.3. The summed E-state index contributed by atoms with van der Waals surface area (Å²) in [6, 6.07) is 16.6. The van der Waals surface area contributed by atoms with Gasteiger partial charge < -0.3 is 9.64 Å². The first-order valence-corrected chi connectivity index (χ1v) is 9.59. The Hall–Kier alpha value is -3.19. The standard InChI is InChI=1S/C22H23FN4O2/c1-29-21-8-7-16(13-18(21)23)15-26-9-11-27(12-10-26)22(28)20-14-19(24-25-20)17-5-3-2-4-6-17/h2-8,13-14H,9-12,15H2,1H3,(H,24,25). The minimum absolute atomic E-state index is 0.0465. The number of halogens is 1. The summed E-state index contributed by atoms with van der Waals surface area (Å²) in [6.45, 7) is 3.36. The fraction of sp³-hybridized carbons (Fsp3) is 0.273. The van der Waals surface area contributed by atoms with E-state index >= 15 is 0 Å². The second-order valence-corrected chi connectivity index (χ2v) is 7.07. The lowest BCUT2D eigenvalue weighted by Crippen LogP contribution is -2.48. The van der Waals surface area contributed by atoms with Gasteiger partial charge in [0, 0.05) is 38.3 Å². The van der Waals surface area contributed by atoms with Crippen molar-refractivity contribution in [1.29, 1.82) is 0 Å². The zero-order valence-corrected chi connectivity index (χ0v) is 16.3. The number of nitrogens with zero attached hydrogens (tertiary/aromatic N) is 3. The summed E-state index contributed by atoms with van der Waals surface area (Å²) in [5.74, 6) is -0.152. The van der Waals surface area contributed by atoms with E-state index in [1.54, 1.807) is 12.1 Å². The summed E-state index contributed by atoms with van der Waals surface area (Å²) < 4.78 is 18.8. The van der Waals surface area contributed by atoms with Gasteiger partial charge in [0.1, 0.15) is 5.69 Å². The van der Waals surface area contributed by atoms with Crippen LogP contribution < -0.4 is 4.74 Å². The molecule has 2 aromatic carbocycles. The van der Waals surface area contributed by atoms with Crippen molar-refractivity contribution in [3.63, 3.8) is 0 Å². The molecule has 3 aromatic rings. The van der Waals surface area contributed by atoms with Crippen molar-refractivity contribution in [3.8, 4) is 17.0 Å². The lowest BCUT2D eigenvalue weighted by molar-refractivity contribution is 0.0622. The van der Waals surface area contributed by atoms with Crippen molar-refractivity contribution in [2.75, 3.05) is 33.3 Å². The monoisotopic (exact) mass is 394 g/mol. The first kappa shape index (κ1) is 19.1. The van der Waals surface area contributed by atoms with Crippen LogP contribution in [0.2, 0.25) is 0 Å². The van der Waals surface area contributed by atoms with Crippen LogP contribution in [0, 0.1) is 5.82 Å². The van der Waals surface area contributed by atoms with Crippen molar-refractivity contribution in [3.05, 3.63) is 71.7 Å². The number of H-pyrrole nitrogens is 1. The number of benzene rings is 2. The molecule has 7 heteroatoms. The van der Waals surface area contributed by atoms with E-state index in [4.69, 9.17) is 4.74 Å². The van der Waals surface area contributed by atoms with Gasteiger partial charge in [-0.2, -0.15) is 5.10 Å². The maximum absolute atomic E-state index is 13.9. The van der Waals surface area contributed by atoms with E-state index in [-0.39, 0.29) is 17.5 Å². The van der Waals surface area contributed by atoms with Crippen LogP contribution in [0.1, 0.15) is 16.1 Å². The second kappa shape index (κ2) is 8.45. The number of rotatable bonds is 5. The van der Waals surface area contributed by atoms with Gasteiger partial charge in [-0.3, -0.25) is 14.8 Å². The molecule has 150 valence electrons. The van der Waals surface area contributed by atoms with Gasteiger partial charge in [-0.05, 0) is 23.8 Å². The Kier molecular flexibility index (Phi) is 5.57. The molecule has 0 unspecified atom stereocenters. The van der Waals surface area contributed by atoms with Gasteiger partial charge in [-0.1, -0.05) is 36.4 Å². The predicted octanol–water partition coefficient (Wildman–Crippen LogP) is 3.18. The lowest BCUT2D eigenvalue weighted by Gasteiger charge is -2.34. The molecule has 1 fully saturated rings. The molecule has 1 N–H and O–H groups in total. The number of nitrogens with one attached hydrogen (secondary N) is 1. The molecule has 0 spiro atoms. The third-order valence-electron chi connectivity index (χ3n) is 5.16. The first-order chi connectivity index (χ1) is 14.1. The Morgan fingerprint density at radius 2 is 1.86 bits per heavy atom. The number of aromatic nitrogens is 2. The van der Waals surface area contributed by atoms with E-state index in [9.17, 15) is 9.18 Å². The summed E-state index contributed by atoms with van der Waals surface area (Å²) in [7, 11) is 1.46. The highest BCUT2D eigenvalue weighted by atomic mass is 19.1. The molecule has 1 amide bonds. The van der Waals surface area contributed by atoms with Crippen molar-refractivity contribution in [2.45, 2.75) is 6.54 Å². The van der Waals surface area contributed by atoms with Crippen LogP contribution >= 0.6 is 0 Å². The van der Waals surface area contributed by atoms with Gasteiger partial charge in [0.25, 0.3) is 5.91 Å². The number of amides is 1. The van der Waals surface area contributed by atoms with E-state index in [0.29, 0.717) is 25.3 Å². The Labute approximate surface area is 168 Å². The summed E-state index contributed by atoms with van der Waals surface area (Å²) in [5.41, 5.74) is 3.12. The average Bonchev–Trinajstić information content (AvgIpc) is 3.25. The molecule has 0 atom stereocenters. The summed E-state index contributed by atoms with van der Waals surface area (Å²) in [4.78, 5) is 16.8. The highest BCUT2D eigenvalue weighted by molar-refractivity contribution is 5.93. The Morgan fingerprint density at radius 1 is 1.10 bits per heavy atom. The molecule has 1 aliphatic rings. The summed E-state index contributed by atoms with van der Waals surface area (Å²) in [5, 5.41) is 7.13. The van der Waals surface area contributed by atoms with E-state index in [1.807, 2.05) is 41.3 Å². The van der Waals surface area contributed by atoms with E-state index in [1.165, 1.54) is 13.2 Å².